The van der Waals surface area contributed by atoms with Gasteiger partial charge in [-0.05, 0) is 32.0 Å². The number of carbonyl (C=O) groups is 2. The Morgan fingerprint density at radius 3 is 2.60 bits per heavy atom. The molecule has 2 amide bonds. The Kier molecular flexibility index (Phi) is 5.61. The summed E-state index contributed by atoms with van der Waals surface area (Å²) in [5, 5.41) is 0.610. The highest BCUT2D eigenvalue weighted by Gasteiger charge is 2.30. The largest absolute Gasteiger partial charge is 0.372 e. The highest BCUT2D eigenvalue weighted by molar-refractivity contribution is 6.30. The van der Waals surface area contributed by atoms with E-state index in [1.807, 2.05) is 35.8 Å². The van der Waals surface area contributed by atoms with Crippen molar-refractivity contribution < 1.29 is 14.3 Å². The van der Waals surface area contributed by atoms with Crippen LogP contribution in [-0.2, 0) is 14.3 Å². The lowest BCUT2D eigenvalue weighted by atomic mass is 10.2. The van der Waals surface area contributed by atoms with Crippen molar-refractivity contribution in [2.24, 2.45) is 0 Å². The average molecular weight is 366 g/mol. The standard InChI is InChI=1S/C18H24ClN3O3/c1-13-9-21(10-14(2)25-13)17(23)11-20-6-7-22(18(24)12-20)16-5-3-4-15(19)8-16/h3-5,8,13-14H,6-7,9-12H2,1-2H3. The number of nitrogens with zero attached hydrogens (tertiary/aromatic N) is 3. The Hall–Kier alpha value is -1.63. The molecule has 25 heavy (non-hydrogen) atoms. The predicted octanol–water partition coefficient (Wildman–Crippen LogP) is 1.62. The molecule has 0 aliphatic carbocycles. The molecular weight excluding hydrogens is 342 g/mol. The fraction of sp³-hybridized carbons (Fsp3) is 0.556. The van der Waals surface area contributed by atoms with Gasteiger partial charge in [0.1, 0.15) is 0 Å². The Morgan fingerprint density at radius 1 is 1.24 bits per heavy atom. The van der Waals surface area contributed by atoms with Gasteiger partial charge in [-0.3, -0.25) is 14.5 Å². The molecule has 1 aromatic rings. The van der Waals surface area contributed by atoms with E-state index < -0.39 is 0 Å². The van der Waals surface area contributed by atoms with Gasteiger partial charge in [-0.1, -0.05) is 17.7 Å². The average Bonchev–Trinajstić information content (AvgIpc) is 2.54. The molecule has 136 valence electrons. The lowest BCUT2D eigenvalue weighted by Gasteiger charge is -2.38. The zero-order chi connectivity index (χ0) is 18.0. The van der Waals surface area contributed by atoms with Crippen molar-refractivity contribution in [2.45, 2.75) is 26.1 Å². The maximum atomic E-state index is 12.5. The molecule has 2 aliphatic rings. The number of morpholine rings is 1. The van der Waals surface area contributed by atoms with Crippen molar-refractivity contribution >= 4 is 29.1 Å². The molecule has 7 heteroatoms. The lowest BCUT2D eigenvalue weighted by molar-refractivity contribution is -0.144. The summed E-state index contributed by atoms with van der Waals surface area (Å²) < 4.78 is 5.67. The second kappa shape index (κ2) is 7.72. The van der Waals surface area contributed by atoms with E-state index in [0.717, 1.165) is 5.69 Å². The zero-order valence-electron chi connectivity index (χ0n) is 14.7. The van der Waals surface area contributed by atoms with Gasteiger partial charge in [-0.2, -0.15) is 0 Å². The van der Waals surface area contributed by atoms with Crippen LogP contribution < -0.4 is 4.90 Å². The molecule has 0 saturated carbocycles. The van der Waals surface area contributed by atoms with E-state index >= 15 is 0 Å². The van der Waals surface area contributed by atoms with Gasteiger partial charge >= 0.3 is 0 Å². The van der Waals surface area contributed by atoms with Gasteiger partial charge in [0.2, 0.25) is 11.8 Å². The number of ether oxygens (including phenoxy) is 1. The fourth-order valence-corrected chi connectivity index (χ4v) is 3.63. The Balaban J connectivity index is 1.56. The molecule has 2 aliphatic heterocycles. The number of benzene rings is 1. The van der Waals surface area contributed by atoms with Crippen LogP contribution in [0, 0.1) is 0 Å². The number of piperazine rings is 1. The summed E-state index contributed by atoms with van der Waals surface area (Å²) in [5.41, 5.74) is 0.805. The Morgan fingerprint density at radius 2 is 1.96 bits per heavy atom. The number of anilines is 1. The number of halogens is 1. The monoisotopic (exact) mass is 365 g/mol. The smallest absolute Gasteiger partial charge is 0.241 e. The van der Waals surface area contributed by atoms with E-state index in [1.165, 1.54) is 0 Å². The number of carbonyl (C=O) groups excluding carboxylic acids is 2. The first-order valence-electron chi connectivity index (χ1n) is 8.64. The van der Waals surface area contributed by atoms with Gasteiger partial charge < -0.3 is 14.5 Å². The van der Waals surface area contributed by atoms with E-state index in [1.54, 1.807) is 17.0 Å². The van der Waals surface area contributed by atoms with E-state index in [9.17, 15) is 9.59 Å². The van der Waals surface area contributed by atoms with Gasteiger partial charge in [0.15, 0.2) is 0 Å². The number of hydrogen-bond acceptors (Lipinski definition) is 4. The first-order chi connectivity index (χ1) is 11.9. The highest BCUT2D eigenvalue weighted by Crippen LogP contribution is 2.21. The van der Waals surface area contributed by atoms with Crippen molar-refractivity contribution in [1.29, 1.82) is 0 Å². The molecule has 0 radical (unpaired) electrons. The van der Waals surface area contributed by atoms with E-state index in [-0.39, 0.29) is 37.1 Å². The van der Waals surface area contributed by atoms with Crippen molar-refractivity contribution in [1.82, 2.24) is 9.80 Å². The summed E-state index contributed by atoms with van der Waals surface area (Å²) in [6.45, 7) is 6.91. The van der Waals surface area contributed by atoms with Gasteiger partial charge in [0, 0.05) is 36.9 Å². The first kappa shape index (κ1) is 18.2. The van der Waals surface area contributed by atoms with Gasteiger partial charge in [0.05, 0.1) is 25.3 Å². The van der Waals surface area contributed by atoms with E-state index in [0.29, 0.717) is 31.2 Å². The maximum absolute atomic E-state index is 12.5. The van der Waals surface area contributed by atoms with Crippen LogP contribution in [0.4, 0.5) is 5.69 Å². The molecule has 2 fully saturated rings. The van der Waals surface area contributed by atoms with Crippen LogP contribution in [-0.4, -0.2) is 73.1 Å². The SMILES string of the molecule is CC1CN(C(=O)CN2CCN(c3cccc(Cl)c3)C(=O)C2)CC(C)O1. The van der Waals surface area contributed by atoms with Crippen LogP contribution in [0.5, 0.6) is 0 Å². The molecule has 2 atom stereocenters. The number of hydrogen-bond donors (Lipinski definition) is 0. The minimum absolute atomic E-state index is 0.00923. The molecule has 0 N–H and O–H groups in total. The molecule has 2 unspecified atom stereocenters. The highest BCUT2D eigenvalue weighted by atomic mass is 35.5. The summed E-state index contributed by atoms with van der Waals surface area (Å²) >= 11 is 6.01. The minimum Gasteiger partial charge on any atom is -0.372 e. The molecule has 0 bridgehead atoms. The minimum atomic E-state index is -0.00923. The van der Waals surface area contributed by atoms with Crippen molar-refractivity contribution in [2.75, 3.05) is 44.2 Å². The van der Waals surface area contributed by atoms with Crippen molar-refractivity contribution in [3.05, 3.63) is 29.3 Å². The molecule has 0 spiro atoms. The van der Waals surface area contributed by atoms with Crippen LogP contribution in [0.3, 0.4) is 0 Å². The van der Waals surface area contributed by atoms with Gasteiger partial charge in [-0.15, -0.1) is 0 Å². The van der Waals surface area contributed by atoms with Gasteiger partial charge in [-0.25, -0.2) is 0 Å². The molecule has 2 heterocycles. The quantitative estimate of drug-likeness (QED) is 0.817. The summed E-state index contributed by atoms with van der Waals surface area (Å²) in [5.74, 6) is 0.0519. The third-order valence-electron chi connectivity index (χ3n) is 4.55. The molecule has 3 rings (SSSR count). The zero-order valence-corrected chi connectivity index (χ0v) is 15.4. The van der Waals surface area contributed by atoms with E-state index in [4.69, 9.17) is 16.3 Å². The molecule has 6 nitrogen and oxygen atoms in total. The maximum Gasteiger partial charge on any atom is 0.241 e. The predicted molar refractivity (Wildman–Crippen MR) is 96.8 cm³/mol. The van der Waals surface area contributed by atoms with Crippen LogP contribution >= 0.6 is 11.6 Å². The second-order valence-corrected chi connectivity index (χ2v) is 7.23. The van der Waals surface area contributed by atoms with E-state index in [2.05, 4.69) is 0 Å². The Labute approximate surface area is 153 Å². The second-order valence-electron chi connectivity index (χ2n) is 6.79. The topological polar surface area (TPSA) is 53.1 Å². The summed E-state index contributed by atoms with van der Waals surface area (Å²) in [6.07, 6.45) is 0.100. The molecule has 2 saturated heterocycles. The third kappa shape index (κ3) is 4.51. The summed E-state index contributed by atoms with van der Waals surface area (Å²) in [7, 11) is 0. The summed E-state index contributed by atoms with van der Waals surface area (Å²) in [6, 6.07) is 7.29. The normalized spacial score (nSPS) is 25.3. The number of amides is 2. The molecular formula is C18H24ClN3O3. The lowest BCUT2D eigenvalue weighted by Crippen LogP contribution is -2.55. The fourth-order valence-electron chi connectivity index (χ4n) is 3.45. The van der Waals surface area contributed by atoms with Crippen LogP contribution in [0.15, 0.2) is 24.3 Å². The van der Waals surface area contributed by atoms with Crippen molar-refractivity contribution in [3.8, 4) is 0 Å². The third-order valence-corrected chi connectivity index (χ3v) is 4.79. The Bertz CT molecular complexity index is 644. The first-order valence-corrected chi connectivity index (χ1v) is 9.01. The van der Waals surface area contributed by atoms with Gasteiger partial charge in [0.25, 0.3) is 0 Å². The molecule has 0 aromatic heterocycles. The summed E-state index contributed by atoms with van der Waals surface area (Å²) in [4.78, 5) is 30.5. The van der Waals surface area contributed by atoms with Crippen molar-refractivity contribution in [3.63, 3.8) is 0 Å². The number of rotatable bonds is 3. The van der Waals surface area contributed by atoms with Crippen LogP contribution in [0.2, 0.25) is 5.02 Å². The van der Waals surface area contributed by atoms with Crippen LogP contribution in [0.1, 0.15) is 13.8 Å². The molecule has 1 aromatic carbocycles. The van der Waals surface area contributed by atoms with Crippen LogP contribution in [0.25, 0.3) is 0 Å².